The SMILES string of the molecule is N[C@@H](CO)C(=O)O.O=C1N=CC(=O)n2cccc21. The molecular formula is C10H11N3O5. The molecule has 1 aromatic heterocycles. The number of nitrogens with zero attached hydrogens (tertiary/aromatic N) is 2. The number of amides is 1. The molecular weight excluding hydrogens is 242 g/mol. The molecule has 0 unspecified atom stereocenters. The Hall–Kier alpha value is -2.32. The third-order valence-corrected chi connectivity index (χ3v) is 2.01. The molecule has 0 saturated carbocycles. The second kappa shape index (κ2) is 5.84. The fourth-order valence-corrected chi connectivity index (χ4v) is 1.07. The molecule has 4 N–H and O–H groups in total. The Morgan fingerprint density at radius 2 is 2.17 bits per heavy atom. The third kappa shape index (κ3) is 3.09. The van der Waals surface area contributed by atoms with Gasteiger partial charge in [0.25, 0.3) is 11.8 Å². The lowest BCUT2D eigenvalue weighted by Crippen LogP contribution is -2.33. The van der Waals surface area contributed by atoms with E-state index >= 15 is 0 Å². The average molecular weight is 253 g/mol. The van der Waals surface area contributed by atoms with Gasteiger partial charge in [-0.05, 0) is 12.1 Å². The summed E-state index contributed by atoms with van der Waals surface area (Å²) in [7, 11) is 0. The van der Waals surface area contributed by atoms with Crippen molar-refractivity contribution in [3.05, 3.63) is 24.0 Å². The normalized spacial score (nSPS) is 14.6. The number of hydrogen-bond acceptors (Lipinski definition) is 5. The Balaban J connectivity index is 0.000000203. The molecule has 96 valence electrons. The van der Waals surface area contributed by atoms with Crippen molar-refractivity contribution in [2.45, 2.75) is 6.04 Å². The van der Waals surface area contributed by atoms with Crippen LogP contribution in [0.1, 0.15) is 15.3 Å². The lowest BCUT2D eigenvalue weighted by atomic mass is 10.3. The summed E-state index contributed by atoms with van der Waals surface area (Å²) in [5, 5.41) is 15.9. The lowest BCUT2D eigenvalue weighted by Gasteiger charge is -2.04. The highest BCUT2D eigenvalue weighted by Gasteiger charge is 2.17. The van der Waals surface area contributed by atoms with E-state index in [0.717, 1.165) is 6.21 Å². The van der Waals surface area contributed by atoms with E-state index in [1.54, 1.807) is 18.3 Å². The van der Waals surface area contributed by atoms with Gasteiger partial charge in [0.05, 0.1) is 12.8 Å². The number of aliphatic imine (C=N–C) groups is 1. The van der Waals surface area contributed by atoms with Crippen LogP contribution in [0, 0.1) is 0 Å². The molecule has 0 aliphatic carbocycles. The second-order valence-corrected chi connectivity index (χ2v) is 3.29. The van der Waals surface area contributed by atoms with Crippen molar-refractivity contribution in [1.29, 1.82) is 0 Å². The number of aliphatic carboxylic acids is 1. The number of carboxylic acids is 1. The third-order valence-electron chi connectivity index (χ3n) is 2.01. The van der Waals surface area contributed by atoms with Crippen LogP contribution in [0.3, 0.4) is 0 Å². The number of carboxylic acid groups (broad SMARTS) is 1. The van der Waals surface area contributed by atoms with E-state index in [9.17, 15) is 14.4 Å². The molecule has 1 aromatic rings. The van der Waals surface area contributed by atoms with Gasteiger partial charge in [-0.1, -0.05) is 0 Å². The Morgan fingerprint density at radius 1 is 1.50 bits per heavy atom. The summed E-state index contributed by atoms with van der Waals surface area (Å²) in [5.74, 6) is -1.82. The smallest absolute Gasteiger partial charge is 0.322 e. The molecule has 1 aliphatic rings. The summed E-state index contributed by atoms with van der Waals surface area (Å²) < 4.78 is 1.27. The molecule has 2 rings (SSSR count). The fourth-order valence-electron chi connectivity index (χ4n) is 1.07. The predicted molar refractivity (Wildman–Crippen MR) is 60.6 cm³/mol. The van der Waals surface area contributed by atoms with Crippen LogP contribution in [0.25, 0.3) is 0 Å². The van der Waals surface area contributed by atoms with Crippen LogP contribution in [0.4, 0.5) is 0 Å². The van der Waals surface area contributed by atoms with Gasteiger partial charge in [-0.3, -0.25) is 19.0 Å². The van der Waals surface area contributed by atoms with Crippen LogP contribution in [0.15, 0.2) is 23.3 Å². The summed E-state index contributed by atoms with van der Waals surface area (Å²) in [6, 6.07) is 2.08. The van der Waals surface area contributed by atoms with Crippen LogP contribution in [-0.4, -0.2) is 51.4 Å². The van der Waals surface area contributed by atoms with E-state index in [2.05, 4.69) is 4.99 Å². The number of aliphatic hydroxyl groups is 1. The quantitative estimate of drug-likeness (QED) is 0.602. The number of fused-ring (bicyclic) bond motifs is 1. The van der Waals surface area contributed by atoms with Crippen LogP contribution in [-0.2, 0) is 4.79 Å². The molecule has 18 heavy (non-hydrogen) atoms. The minimum absolute atomic E-state index is 0.274. The Labute approximate surface area is 101 Å². The lowest BCUT2D eigenvalue weighted by molar-refractivity contribution is -0.139. The molecule has 0 aromatic carbocycles. The number of carbonyl (C=O) groups excluding carboxylic acids is 2. The van der Waals surface area contributed by atoms with E-state index in [4.69, 9.17) is 15.9 Å². The van der Waals surface area contributed by atoms with Gasteiger partial charge in [-0.15, -0.1) is 0 Å². The van der Waals surface area contributed by atoms with Crippen molar-refractivity contribution in [2.75, 3.05) is 6.61 Å². The molecule has 0 spiro atoms. The van der Waals surface area contributed by atoms with Crippen molar-refractivity contribution in [3.8, 4) is 0 Å². The van der Waals surface area contributed by atoms with Gasteiger partial charge < -0.3 is 15.9 Å². The summed E-state index contributed by atoms with van der Waals surface area (Å²) in [5.41, 5.74) is 5.10. The molecule has 8 heteroatoms. The van der Waals surface area contributed by atoms with Gasteiger partial charge in [-0.25, -0.2) is 4.99 Å². The van der Waals surface area contributed by atoms with Gasteiger partial charge in [0, 0.05) is 6.20 Å². The van der Waals surface area contributed by atoms with Crippen LogP contribution in [0.2, 0.25) is 0 Å². The van der Waals surface area contributed by atoms with Crippen LogP contribution in [0.5, 0.6) is 0 Å². The molecule has 0 fully saturated rings. The minimum atomic E-state index is -1.18. The number of carbonyl (C=O) groups is 3. The van der Waals surface area contributed by atoms with Crippen molar-refractivity contribution in [2.24, 2.45) is 10.7 Å². The fraction of sp³-hybridized carbons (Fsp3) is 0.200. The van der Waals surface area contributed by atoms with Gasteiger partial charge in [0.2, 0.25) is 0 Å². The molecule has 0 radical (unpaired) electrons. The maximum absolute atomic E-state index is 11.0. The molecule has 1 aliphatic heterocycles. The van der Waals surface area contributed by atoms with Crippen molar-refractivity contribution >= 4 is 24.0 Å². The van der Waals surface area contributed by atoms with Gasteiger partial charge in [0.1, 0.15) is 11.7 Å². The van der Waals surface area contributed by atoms with Crippen molar-refractivity contribution in [1.82, 2.24) is 4.57 Å². The first kappa shape index (κ1) is 13.7. The van der Waals surface area contributed by atoms with E-state index in [1.807, 2.05) is 0 Å². The highest BCUT2D eigenvalue weighted by molar-refractivity contribution is 6.32. The number of hydrogen-bond donors (Lipinski definition) is 3. The molecule has 1 amide bonds. The molecule has 1 atom stereocenters. The largest absolute Gasteiger partial charge is 0.480 e. The monoisotopic (exact) mass is 253 g/mol. The summed E-state index contributed by atoms with van der Waals surface area (Å²) in [6.45, 7) is -0.505. The van der Waals surface area contributed by atoms with Crippen molar-refractivity contribution in [3.63, 3.8) is 0 Å². The van der Waals surface area contributed by atoms with Crippen molar-refractivity contribution < 1.29 is 24.6 Å². The first-order valence-electron chi connectivity index (χ1n) is 4.86. The topological polar surface area (TPSA) is 135 Å². The first-order valence-corrected chi connectivity index (χ1v) is 4.86. The van der Waals surface area contributed by atoms with Crippen LogP contribution >= 0.6 is 0 Å². The van der Waals surface area contributed by atoms with E-state index in [-0.39, 0.29) is 11.8 Å². The van der Waals surface area contributed by atoms with Gasteiger partial charge in [-0.2, -0.15) is 0 Å². The summed E-state index contributed by atoms with van der Waals surface area (Å²) in [6.07, 6.45) is 2.57. The summed E-state index contributed by atoms with van der Waals surface area (Å²) >= 11 is 0. The Morgan fingerprint density at radius 3 is 2.61 bits per heavy atom. The van der Waals surface area contributed by atoms with Gasteiger partial charge in [0.15, 0.2) is 0 Å². The molecule has 0 bridgehead atoms. The average Bonchev–Trinajstić information content (AvgIpc) is 2.84. The molecule has 8 nitrogen and oxygen atoms in total. The number of rotatable bonds is 2. The zero-order chi connectivity index (χ0) is 13.7. The predicted octanol–water partition coefficient (Wildman–Crippen LogP) is -1.26. The number of aliphatic hydroxyl groups excluding tert-OH is 1. The highest BCUT2D eigenvalue weighted by Crippen LogP contribution is 2.06. The Bertz CT molecular complexity index is 473. The summed E-state index contributed by atoms with van der Waals surface area (Å²) in [4.78, 5) is 34.9. The molecule has 0 saturated heterocycles. The first-order chi connectivity index (χ1) is 8.47. The van der Waals surface area contributed by atoms with E-state index < -0.39 is 18.6 Å². The number of aromatic nitrogens is 1. The Kier molecular flexibility index (Phi) is 4.46. The zero-order valence-electron chi connectivity index (χ0n) is 9.18. The minimum Gasteiger partial charge on any atom is -0.480 e. The number of nitrogens with two attached hydrogens (primary N) is 1. The zero-order valence-corrected chi connectivity index (χ0v) is 9.18. The van der Waals surface area contributed by atoms with E-state index in [1.165, 1.54) is 4.57 Å². The standard InChI is InChI=1S/C7H4N2O2.C3H7NO3/c10-6-4-8-7(11)5-2-1-3-9(5)6;4-2(1-5)3(6)7/h1-4H;2,5H,1,4H2,(H,6,7)/t;2-/m.0/s1. The van der Waals surface area contributed by atoms with Gasteiger partial charge >= 0.3 is 5.97 Å². The second-order valence-electron chi connectivity index (χ2n) is 3.29. The maximum atomic E-state index is 11.0. The highest BCUT2D eigenvalue weighted by atomic mass is 16.4. The van der Waals surface area contributed by atoms with E-state index in [0.29, 0.717) is 5.69 Å². The molecule has 2 heterocycles. The maximum Gasteiger partial charge on any atom is 0.322 e. The van der Waals surface area contributed by atoms with Crippen LogP contribution < -0.4 is 5.73 Å².